The number of anilines is 2. The Morgan fingerprint density at radius 2 is 1.20 bits per heavy atom. The summed E-state index contributed by atoms with van der Waals surface area (Å²) in [6.45, 7) is 3.94. The van der Waals surface area contributed by atoms with Crippen LogP contribution < -0.4 is 10.6 Å². The fraction of sp³-hybridized carbons (Fsp3) is 0.273. The number of benzene rings is 2. The highest BCUT2D eigenvalue weighted by molar-refractivity contribution is 7.18. The number of carbonyl (C=O) groups is 2. The third-order valence-electron chi connectivity index (χ3n) is 4.62. The summed E-state index contributed by atoms with van der Waals surface area (Å²) in [6.07, 6.45) is 2.10. The Kier molecular flexibility index (Phi) is 6.06. The Hall–Kier alpha value is -2.84. The van der Waals surface area contributed by atoms with Crippen molar-refractivity contribution in [3.63, 3.8) is 0 Å². The zero-order valence-electron chi connectivity index (χ0n) is 16.8. The van der Waals surface area contributed by atoms with Crippen molar-refractivity contribution in [2.24, 2.45) is 0 Å². The second kappa shape index (κ2) is 8.89. The predicted octanol–water partition coefficient (Wildman–Crippen LogP) is 5.66. The van der Waals surface area contributed by atoms with E-state index >= 15 is 0 Å². The third-order valence-corrected chi connectivity index (χ3v) is 6.48. The molecule has 0 saturated carbocycles. The molecule has 30 heavy (non-hydrogen) atoms. The first-order valence-electron chi connectivity index (χ1n) is 9.80. The molecule has 0 aliphatic carbocycles. The number of carbonyl (C=O) groups excluding carboxylic acids is 2. The molecule has 8 heteroatoms. The molecule has 4 rings (SSSR count). The van der Waals surface area contributed by atoms with Crippen LogP contribution in [-0.4, -0.2) is 21.8 Å². The molecule has 0 atom stereocenters. The summed E-state index contributed by atoms with van der Waals surface area (Å²) < 4.78 is 2.13. The maximum Gasteiger partial charge on any atom is 0.224 e. The van der Waals surface area contributed by atoms with Gasteiger partial charge in [0.25, 0.3) is 0 Å². The van der Waals surface area contributed by atoms with E-state index in [1.165, 1.54) is 0 Å². The van der Waals surface area contributed by atoms with Crippen LogP contribution in [0.5, 0.6) is 0 Å². The van der Waals surface area contributed by atoms with Gasteiger partial charge in [-0.2, -0.15) is 0 Å². The van der Waals surface area contributed by atoms with Crippen molar-refractivity contribution in [3.8, 4) is 0 Å². The normalized spacial score (nSPS) is 11.1. The molecule has 0 unspecified atom stereocenters. The lowest BCUT2D eigenvalue weighted by Crippen LogP contribution is -2.13. The van der Waals surface area contributed by atoms with E-state index in [-0.39, 0.29) is 11.8 Å². The van der Waals surface area contributed by atoms with Crippen molar-refractivity contribution in [3.05, 3.63) is 46.4 Å². The second-order valence-electron chi connectivity index (χ2n) is 7.13. The summed E-state index contributed by atoms with van der Waals surface area (Å²) in [5.41, 5.74) is 3.46. The van der Waals surface area contributed by atoms with Crippen molar-refractivity contribution in [1.29, 1.82) is 0 Å². The van der Waals surface area contributed by atoms with Crippen LogP contribution in [0, 0.1) is 13.8 Å². The van der Waals surface area contributed by atoms with E-state index in [1.807, 2.05) is 50.2 Å². The number of thiazole rings is 2. The zero-order chi connectivity index (χ0) is 21.1. The van der Waals surface area contributed by atoms with Crippen molar-refractivity contribution in [2.75, 3.05) is 10.6 Å². The van der Waals surface area contributed by atoms with Gasteiger partial charge in [-0.1, -0.05) is 0 Å². The Bertz CT molecular complexity index is 1130. The van der Waals surface area contributed by atoms with Crippen molar-refractivity contribution in [1.82, 2.24) is 9.97 Å². The molecular formula is C22H22N4O2S2. The van der Waals surface area contributed by atoms with Gasteiger partial charge in [0, 0.05) is 24.2 Å². The van der Waals surface area contributed by atoms with Crippen molar-refractivity contribution in [2.45, 2.75) is 39.5 Å². The van der Waals surface area contributed by atoms with Gasteiger partial charge in [0.1, 0.15) is 0 Å². The predicted molar refractivity (Wildman–Crippen MR) is 124 cm³/mol. The number of unbranched alkanes of at least 4 members (excludes halogenated alkanes) is 1. The molecule has 2 aromatic carbocycles. The Morgan fingerprint density at radius 1 is 0.767 bits per heavy atom. The molecule has 2 N–H and O–H groups in total. The van der Waals surface area contributed by atoms with E-state index in [4.69, 9.17) is 0 Å². The highest BCUT2D eigenvalue weighted by atomic mass is 32.1. The number of amides is 2. The lowest BCUT2D eigenvalue weighted by molar-refractivity contribution is -0.118. The third kappa shape index (κ3) is 5.01. The molecule has 0 spiro atoms. The number of aromatic nitrogens is 2. The molecule has 2 heterocycles. The maximum absolute atomic E-state index is 12.2. The quantitative estimate of drug-likeness (QED) is 0.365. The van der Waals surface area contributed by atoms with Crippen LogP contribution in [0.15, 0.2) is 36.4 Å². The highest BCUT2D eigenvalue weighted by Crippen LogP contribution is 2.26. The van der Waals surface area contributed by atoms with E-state index in [0.717, 1.165) is 41.8 Å². The van der Waals surface area contributed by atoms with E-state index in [1.54, 1.807) is 22.7 Å². The minimum Gasteiger partial charge on any atom is -0.326 e. The zero-order valence-corrected chi connectivity index (χ0v) is 18.5. The van der Waals surface area contributed by atoms with Gasteiger partial charge in [-0.25, -0.2) is 9.97 Å². The summed E-state index contributed by atoms with van der Waals surface area (Å²) >= 11 is 3.22. The summed E-state index contributed by atoms with van der Waals surface area (Å²) in [5, 5.41) is 7.87. The first-order valence-corrected chi connectivity index (χ1v) is 11.4. The summed E-state index contributed by atoms with van der Waals surface area (Å²) in [6, 6.07) is 11.5. The molecule has 154 valence electrons. The average Bonchev–Trinajstić information content (AvgIpc) is 3.25. The molecule has 0 saturated heterocycles. The summed E-state index contributed by atoms with van der Waals surface area (Å²) in [4.78, 5) is 33.2. The number of hydrogen-bond donors (Lipinski definition) is 2. The number of nitrogens with zero attached hydrogens (tertiary/aromatic N) is 2. The van der Waals surface area contributed by atoms with E-state index < -0.39 is 0 Å². The topological polar surface area (TPSA) is 84.0 Å². The monoisotopic (exact) mass is 438 g/mol. The van der Waals surface area contributed by atoms with Crippen LogP contribution in [0.4, 0.5) is 11.4 Å². The van der Waals surface area contributed by atoms with Gasteiger partial charge < -0.3 is 10.6 Å². The van der Waals surface area contributed by atoms with Crippen molar-refractivity contribution >= 4 is 66.3 Å². The molecule has 0 aliphatic rings. The van der Waals surface area contributed by atoms with Crippen LogP contribution in [0.3, 0.4) is 0 Å². The molecular weight excluding hydrogens is 416 g/mol. The van der Waals surface area contributed by atoms with E-state index in [9.17, 15) is 9.59 Å². The fourth-order valence-electron chi connectivity index (χ4n) is 3.25. The number of nitrogens with one attached hydrogen (secondary N) is 2. The fourth-order valence-corrected chi connectivity index (χ4v) is 4.99. The smallest absolute Gasteiger partial charge is 0.224 e. The van der Waals surface area contributed by atoms with Crippen LogP contribution in [-0.2, 0) is 9.59 Å². The van der Waals surface area contributed by atoms with Gasteiger partial charge in [-0.15, -0.1) is 22.7 Å². The number of rotatable bonds is 7. The molecule has 0 bridgehead atoms. The van der Waals surface area contributed by atoms with Gasteiger partial charge in [0.15, 0.2) is 0 Å². The van der Waals surface area contributed by atoms with Gasteiger partial charge in [0.2, 0.25) is 11.8 Å². The molecule has 0 fully saturated rings. The summed E-state index contributed by atoms with van der Waals surface area (Å²) in [5.74, 6) is -0.0796. The molecule has 2 aromatic heterocycles. The number of aryl methyl sites for hydroxylation is 2. The van der Waals surface area contributed by atoms with Crippen LogP contribution in [0.2, 0.25) is 0 Å². The minimum atomic E-state index is -0.0398. The van der Waals surface area contributed by atoms with Crippen LogP contribution in [0.25, 0.3) is 20.4 Å². The first-order chi connectivity index (χ1) is 14.5. The first kappa shape index (κ1) is 20.4. The molecule has 6 nitrogen and oxygen atoms in total. The van der Waals surface area contributed by atoms with Gasteiger partial charge >= 0.3 is 0 Å². The minimum absolute atomic E-state index is 0.0398. The molecule has 0 aliphatic heterocycles. The number of hydrogen-bond acceptors (Lipinski definition) is 6. The Morgan fingerprint density at radius 3 is 1.63 bits per heavy atom. The lowest BCUT2D eigenvalue weighted by atomic mass is 10.1. The van der Waals surface area contributed by atoms with Gasteiger partial charge in [-0.05, 0) is 63.1 Å². The van der Waals surface area contributed by atoms with E-state index in [0.29, 0.717) is 25.7 Å². The average molecular weight is 439 g/mol. The second-order valence-corrected chi connectivity index (χ2v) is 9.60. The van der Waals surface area contributed by atoms with E-state index in [2.05, 4.69) is 20.6 Å². The number of fused-ring (bicyclic) bond motifs is 2. The molecule has 4 aromatic rings. The van der Waals surface area contributed by atoms with Crippen LogP contribution in [0.1, 0.15) is 35.7 Å². The maximum atomic E-state index is 12.2. The molecule has 2 amide bonds. The van der Waals surface area contributed by atoms with Crippen LogP contribution >= 0.6 is 22.7 Å². The Balaban J connectivity index is 1.20. The highest BCUT2D eigenvalue weighted by Gasteiger charge is 2.08. The van der Waals surface area contributed by atoms with Gasteiger partial charge in [0.05, 0.1) is 30.4 Å². The SMILES string of the molecule is Cc1nc2ccc(NC(=O)CCCCC(=O)Nc3ccc4nc(C)sc4c3)cc2s1. The lowest BCUT2D eigenvalue weighted by Gasteiger charge is -2.06. The molecule has 0 radical (unpaired) electrons. The van der Waals surface area contributed by atoms with Crippen molar-refractivity contribution < 1.29 is 9.59 Å². The Labute approximate surface area is 182 Å². The van der Waals surface area contributed by atoms with Gasteiger partial charge in [-0.3, -0.25) is 9.59 Å². The standard InChI is InChI=1S/C22H22N4O2S2/c1-13-23-17-9-7-15(11-19(17)29-13)25-21(27)5-3-4-6-22(28)26-16-8-10-18-20(12-16)30-14(2)24-18/h7-12H,3-6H2,1-2H3,(H,25,27)(H,26,28). The largest absolute Gasteiger partial charge is 0.326 e. The summed E-state index contributed by atoms with van der Waals surface area (Å²) in [7, 11) is 0.